The number of carbonyl (C=O) groups is 1. The van der Waals surface area contributed by atoms with Crippen molar-refractivity contribution in [2.24, 2.45) is 0 Å². The molecular formula is C27H34N4OS. The summed E-state index contributed by atoms with van der Waals surface area (Å²) in [6.45, 7) is 10.6. The molecule has 4 rings (SSSR count). The molecule has 6 heteroatoms. The number of thioether (sulfide) groups is 1. The number of carbonyl (C=O) groups excluding carboxylic acids is 1. The van der Waals surface area contributed by atoms with Crippen molar-refractivity contribution in [1.82, 2.24) is 14.8 Å². The van der Waals surface area contributed by atoms with Gasteiger partial charge in [-0.25, -0.2) is 0 Å². The molecule has 1 N–H and O–H groups in total. The Bertz CT molecular complexity index is 1090. The molecule has 1 aliphatic rings. The second-order valence-electron chi connectivity index (χ2n) is 10.1. The highest BCUT2D eigenvalue weighted by Gasteiger charge is 2.27. The lowest BCUT2D eigenvalue weighted by Gasteiger charge is -2.20. The van der Waals surface area contributed by atoms with Crippen molar-refractivity contribution in [2.75, 3.05) is 5.32 Å². The molecule has 174 valence electrons. The highest BCUT2D eigenvalue weighted by atomic mass is 32.2. The van der Waals surface area contributed by atoms with Crippen LogP contribution in [0.4, 0.5) is 5.69 Å². The zero-order chi connectivity index (χ0) is 23.6. The van der Waals surface area contributed by atoms with Crippen LogP contribution in [0.3, 0.4) is 0 Å². The van der Waals surface area contributed by atoms with Crippen molar-refractivity contribution in [1.29, 1.82) is 0 Å². The first kappa shape index (κ1) is 23.6. The molecule has 0 spiro atoms. The van der Waals surface area contributed by atoms with Crippen molar-refractivity contribution in [2.45, 2.75) is 82.2 Å². The molecule has 0 unspecified atom stereocenters. The van der Waals surface area contributed by atoms with Crippen LogP contribution in [0.2, 0.25) is 0 Å². The van der Waals surface area contributed by atoms with Crippen LogP contribution in [0.15, 0.2) is 53.7 Å². The van der Waals surface area contributed by atoms with Crippen LogP contribution in [-0.4, -0.2) is 25.9 Å². The summed E-state index contributed by atoms with van der Waals surface area (Å²) in [7, 11) is 0. The molecule has 33 heavy (non-hydrogen) atoms. The van der Waals surface area contributed by atoms with Crippen molar-refractivity contribution in [3.8, 4) is 11.4 Å². The van der Waals surface area contributed by atoms with Crippen molar-refractivity contribution in [3.63, 3.8) is 0 Å². The first-order valence-electron chi connectivity index (χ1n) is 11.8. The first-order valence-corrected chi connectivity index (χ1v) is 12.7. The summed E-state index contributed by atoms with van der Waals surface area (Å²) in [6.07, 6.45) is 4.70. The molecule has 3 aromatic rings. The zero-order valence-corrected chi connectivity index (χ0v) is 21.1. The summed E-state index contributed by atoms with van der Waals surface area (Å²) in [5, 5.41) is 12.7. The van der Waals surface area contributed by atoms with E-state index in [-0.39, 0.29) is 16.6 Å². The van der Waals surface area contributed by atoms with E-state index < -0.39 is 0 Å². The van der Waals surface area contributed by atoms with Gasteiger partial charge in [-0.3, -0.25) is 9.36 Å². The third kappa shape index (κ3) is 5.49. The number of rotatable bonds is 6. The minimum Gasteiger partial charge on any atom is -0.325 e. The van der Waals surface area contributed by atoms with Gasteiger partial charge in [-0.2, -0.15) is 0 Å². The maximum Gasteiger partial charge on any atom is 0.237 e. The average Bonchev–Trinajstić information content (AvgIpc) is 3.44. The summed E-state index contributed by atoms with van der Waals surface area (Å²) in [5.41, 5.74) is 4.47. The predicted octanol–water partition coefficient (Wildman–Crippen LogP) is 6.79. The number of aromatic nitrogens is 3. The molecule has 1 aliphatic carbocycles. The topological polar surface area (TPSA) is 59.8 Å². The van der Waals surface area contributed by atoms with Gasteiger partial charge in [0.1, 0.15) is 0 Å². The van der Waals surface area contributed by atoms with Gasteiger partial charge >= 0.3 is 0 Å². The Morgan fingerprint density at radius 3 is 2.27 bits per heavy atom. The molecule has 5 nitrogen and oxygen atoms in total. The molecule has 0 aliphatic heterocycles. The monoisotopic (exact) mass is 462 g/mol. The first-order chi connectivity index (χ1) is 15.7. The summed E-state index contributed by atoms with van der Waals surface area (Å²) in [5.74, 6) is 0.872. The number of hydrogen-bond acceptors (Lipinski definition) is 4. The maximum atomic E-state index is 12.9. The summed E-state index contributed by atoms with van der Waals surface area (Å²) in [6, 6.07) is 16.9. The Balaban J connectivity index is 1.57. The summed E-state index contributed by atoms with van der Waals surface area (Å²) < 4.78 is 2.28. The standard InChI is InChI=1S/C27H34N4OS/c1-18-10-16-22(17-11-18)28-25(32)19(2)33-26-30-29-24(31(26)23-8-6-7-9-23)20-12-14-21(15-13-20)27(3,4)5/h10-17,19,23H,6-9H2,1-5H3,(H,28,32)/t19-/m0/s1. The summed E-state index contributed by atoms with van der Waals surface area (Å²) in [4.78, 5) is 12.9. The Kier molecular flexibility index (Phi) is 6.94. The molecule has 1 amide bonds. The number of amides is 1. The van der Waals surface area contributed by atoms with Crippen LogP contribution in [0, 0.1) is 6.92 Å². The highest BCUT2D eigenvalue weighted by molar-refractivity contribution is 8.00. The average molecular weight is 463 g/mol. The van der Waals surface area contributed by atoms with Gasteiger partial charge in [0.2, 0.25) is 5.91 Å². The number of hydrogen-bond donors (Lipinski definition) is 1. The zero-order valence-electron chi connectivity index (χ0n) is 20.3. The van der Waals surface area contributed by atoms with Gasteiger partial charge in [0.05, 0.1) is 5.25 Å². The molecule has 0 radical (unpaired) electrons. The van der Waals surface area contributed by atoms with Crippen LogP contribution in [0.1, 0.15) is 70.5 Å². The normalized spacial score (nSPS) is 15.5. The quantitative estimate of drug-likeness (QED) is 0.410. The Morgan fingerprint density at radius 2 is 1.67 bits per heavy atom. The van der Waals surface area contributed by atoms with Crippen LogP contribution < -0.4 is 5.32 Å². The number of nitrogens with zero attached hydrogens (tertiary/aromatic N) is 3. The van der Waals surface area contributed by atoms with E-state index in [4.69, 9.17) is 0 Å². The SMILES string of the molecule is Cc1ccc(NC(=O)[C@H](C)Sc2nnc(-c3ccc(C(C)(C)C)cc3)n2C2CCCC2)cc1. The van der Waals surface area contributed by atoms with Crippen LogP contribution in [-0.2, 0) is 10.2 Å². The second kappa shape index (κ2) is 9.72. The molecule has 1 aromatic heterocycles. The van der Waals surface area contributed by atoms with Gasteiger partial charge in [0, 0.05) is 17.3 Å². The third-order valence-corrected chi connectivity index (χ3v) is 7.39. The lowest BCUT2D eigenvalue weighted by atomic mass is 9.86. The number of nitrogens with one attached hydrogen (secondary N) is 1. The lowest BCUT2D eigenvalue weighted by molar-refractivity contribution is -0.115. The van der Waals surface area contributed by atoms with Crippen molar-refractivity contribution >= 4 is 23.4 Å². The van der Waals surface area contributed by atoms with Crippen molar-refractivity contribution < 1.29 is 4.79 Å². The fraction of sp³-hybridized carbons (Fsp3) is 0.444. The van der Waals surface area contributed by atoms with E-state index in [0.29, 0.717) is 6.04 Å². The second-order valence-corrected chi connectivity index (χ2v) is 11.4. The van der Waals surface area contributed by atoms with Gasteiger partial charge in [-0.05, 0) is 49.8 Å². The fourth-order valence-electron chi connectivity index (χ4n) is 4.26. The number of aryl methyl sites for hydroxylation is 1. The van der Waals surface area contributed by atoms with Crippen molar-refractivity contribution in [3.05, 3.63) is 59.7 Å². The van der Waals surface area contributed by atoms with E-state index in [2.05, 4.69) is 65.1 Å². The minimum absolute atomic E-state index is 0.0269. The van der Waals surface area contributed by atoms with Crippen LogP contribution in [0.25, 0.3) is 11.4 Å². The van der Waals surface area contributed by atoms with Gasteiger partial charge < -0.3 is 5.32 Å². The minimum atomic E-state index is -0.285. The molecule has 1 heterocycles. The molecule has 1 atom stereocenters. The van der Waals surface area contributed by atoms with Crippen LogP contribution in [0.5, 0.6) is 0 Å². The van der Waals surface area contributed by atoms with E-state index in [1.165, 1.54) is 35.7 Å². The van der Waals surface area contributed by atoms with E-state index in [1.54, 1.807) is 0 Å². The van der Waals surface area contributed by atoms with Crippen LogP contribution >= 0.6 is 11.8 Å². The summed E-state index contributed by atoms with van der Waals surface area (Å²) >= 11 is 1.49. The molecule has 0 saturated heterocycles. The maximum absolute atomic E-state index is 12.9. The Labute approximate surface area is 201 Å². The van der Waals surface area contributed by atoms with E-state index in [1.807, 2.05) is 38.1 Å². The fourth-order valence-corrected chi connectivity index (χ4v) is 5.18. The molecule has 1 fully saturated rings. The van der Waals surface area contributed by atoms with Gasteiger partial charge in [0.15, 0.2) is 11.0 Å². The highest BCUT2D eigenvalue weighted by Crippen LogP contribution is 2.38. The van der Waals surface area contributed by atoms with E-state index in [9.17, 15) is 4.79 Å². The molecular weight excluding hydrogens is 428 g/mol. The van der Waals surface area contributed by atoms with Gasteiger partial charge in [-0.1, -0.05) is 87.3 Å². The molecule has 0 bridgehead atoms. The van der Waals surface area contributed by atoms with E-state index in [0.717, 1.165) is 35.1 Å². The largest absolute Gasteiger partial charge is 0.325 e. The Morgan fingerprint density at radius 1 is 1.03 bits per heavy atom. The smallest absolute Gasteiger partial charge is 0.237 e. The Hall–Kier alpha value is -2.60. The molecule has 1 saturated carbocycles. The van der Waals surface area contributed by atoms with Gasteiger partial charge in [-0.15, -0.1) is 10.2 Å². The van der Waals surface area contributed by atoms with Gasteiger partial charge in [0.25, 0.3) is 0 Å². The third-order valence-electron chi connectivity index (χ3n) is 6.33. The number of anilines is 1. The lowest BCUT2D eigenvalue weighted by Crippen LogP contribution is -2.23. The molecule has 2 aromatic carbocycles. The predicted molar refractivity (Wildman–Crippen MR) is 137 cm³/mol. The van der Waals surface area contributed by atoms with E-state index >= 15 is 0 Å². The number of benzene rings is 2.